The van der Waals surface area contributed by atoms with E-state index in [0.717, 1.165) is 31.5 Å². The molecule has 1 aliphatic heterocycles. The number of carbonyl (C=O) groups excluding carboxylic acids is 1. The van der Waals surface area contributed by atoms with E-state index in [9.17, 15) is 9.18 Å². The van der Waals surface area contributed by atoms with Crippen LogP contribution in [-0.4, -0.2) is 43.2 Å². The van der Waals surface area contributed by atoms with Gasteiger partial charge in [-0.2, -0.15) is 0 Å². The molecule has 1 heterocycles. The van der Waals surface area contributed by atoms with Crippen molar-refractivity contribution in [3.05, 3.63) is 35.4 Å². The molecule has 2 aliphatic carbocycles. The summed E-state index contributed by atoms with van der Waals surface area (Å²) < 4.78 is 20.5. The van der Waals surface area contributed by atoms with Crippen LogP contribution in [0.1, 0.15) is 48.0 Å². The largest absolute Gasteiger partial charge is 0.373 e. The van der Waals surface area contributed by atoms with Gasteiger partial charge in [0.05, 0.1) is 0 Å². The maximum atomic E-state index is 14.3. The van der Waals surface area contributed by atoms with E-state index >= 15 is 0 Å². The van der Waals surface area contributed by atoms with E-state index in [1.807, 2.05) is 12.1 Å². The molecule has 0 radical (unpaired) electrons. The van der Waals surface area contributed by atoms with Gasteiger partial charge in [0, 0.05) is 44.1 Å². The molecule has 2 saturated carbocycles. The van der Waals surface area contributed by atoms with Crippen molar-refractivity contribution in [2.75, 3.05) is 26.7 Å². The van der Waals surface area contributed by atoms with Crippen molar-refractivity contribution in [3.63, 3.8) is 0 Å². The van der Waals surface area contributed by atoms with Gasteiger partial charge in [0.15, 0.2) is 0 Å². The number of likely N-dealkylation sites (tertiary alicyclic amines) is 1. The van der Waals surface area contributed by atoms with E-state index < -0.39 is 17.2 Å². The number of fused-ring (bicyclic) bond motifs is 2. The Kier molecular flexibility index (Phi) is 5.35. The quantitative estimate of drug-likeness (QED) is 0.850. The Morgan fingerprint density at radius 2 is 1.96 bits per heavy atom. The third-order valence-corrected chi connectivity index (χ3v) is 6.51. The molecule has 0 aromatic heterocycles. The van der Waals surface area contributed by atoms with Gasteiger partial charge in [-0.05, 0) is 43.4 Å². The van der Waals surface area contributed by atoms with Crippen LogP contribution in [0.25, 0.3) is 0 Å². The zero-order valence-corrected chi connectivity index (χ0v) is 16.1. The number of benzene rings is 1. The number of primary amides is 1. The Morgan fingerprint density at radius 3 is 2.50 bits per heavy atom. The van der Waals surface area contributed by atoms with Crippen LogP contribution in [0.4, 0.5) is 4.39 Å². The molecular formula is C20H28ClFN2O2. The molecule has 26 heavy (non-hydrogen) atoms. The summed E-state index contributed by atoms with van der Waals surface area (Å²) >= 11 is 0. The average Bonchev–Trinajstić information content (AvgIpc) is 3.31. The number of carbonyl (C=O) groups is 1. The van der Waals surface area contributed by atoms with E-state index in [-0.39, 0.29) is 12.4 Å². The first kappa shape index (κ1) is 19.6. The molecular weight excluding hydrogens is 355 g/mol. The molecule has 1 aromatic carbocycles. The van der Waals surface area contributed by atoms with Crippen molar-refractivity contribution in [1.82, 2.24) is 4.90 Å². The number of hydrogen-bond donors (Lipinski definition) is 1. The minimum atomic E-state index is -0.951. The molecule has 1 saturated heterocycles. The number of nitrogens with zero attached hydrogens (tertiary/aromatic N) is 1. The van der Waals surface area contributed by atoms with E-state index in [1.165, 1.54) is 6.42 Å². The van der Waals surface area contributed by atoms with Crippen molar-refractivity contribution < 1.29 is 13.9 Å². The molecule has 2 bridgehead atoms. The maximum Gasteiger partial charge on any atom is 0.248 e. The first-order chi connectivity index (χ1) is 12.0. The zero-order chi connectivity index (χ0) is 17.7. The first-order valence-corrected chi connectivity index (χ1v) is 9.34. The van der Waals surface area contributed by atoms with Crippen LogP contribution in [0.15, 0.2) is 24.3 Å². The molecule has 2 N–H and O–H groups in total. The lowest BCUT2D eigenvalue weighted by molar-refractivity contribution is -0.171. The Hall–Kier alpha value is -1.17. The van der Waals surface area contributed by atoms with Crippen LogP contribution < -0.4 is 5.73 Å². The molecule has 2 unspecified atom stereocenters. The SMILES string of the molecule is COC1(c2cccc(C(N)=O)c2)C2CCCC1CN(CC1(F)CC1)C2.Cl. The fourth-order valence-corrected chi connectivity index (χ4v) is 5.19. The number of amides is 1. The van der Waals surface area contributed by atoms with Gasteiger partial charge >= 0.3 is 0 Å². The Balaban J connectivity index is 0.00000196. The van der Waals surface area contributed by atoms with Gasteiger partial charge in [0.25, 0.3) is 0 Å². The highest BCUT2D eigenvalue weighted by Gasteiger charge is 2.55. The number of nitrogens with two attached hydrogens (primary N) is 1. The fraction of sp³-hybridized carbons (Fsp3) is 0.650. The van der Waals surface area contributed by atoms with E-state index in [0.29, 0.717) is 36.8 Å². The summed E-state index contributed by atoms with van der Waals surface area (Å²) in [7, 11) is 1.77. The van der Waals surface area contributed by atoms with Crippen molar-refractivity contribution in [2.24, 2.45) is 17.6 Å². The van der Waals surface area contributed by atoms with Crippen LogP contribution in [0.5, 0.6) is 0 Å². The van der Waals surface area contributed by atoms with E-state index in [2.05, 4.69) is 11.0 Å². The van der Waals surface area contributed by atoms with Crippen molar-refractivity contribution in [2.45, 2.75) is 43.4 Å². The highest BCUT2D eigenvalue weighted by Crippen LogP contribution is 2.52. The van der Waals surface area contributed by atoms with Crippen molar-refractivity contribution in [3.8, 4) is 0 Å². The third-order valence-electron chi connectivity index (χ3n) is 6.51. The van der Waals surface area contributed by atoms with Crippen LogP contribution in [-0.2, 0) is 10.3 Å². The van der Waals surface area contributed by atoms with Crippen molar-refractivity contribution in [1.29, 1.82) is 0 Å². The number of piperidine rings is 1. The Morgan fingerprint density at radius 1 is 1.31 bits per heavy atom. The lowest BCUT2D eigenvalue weighted by Gasteiger charge is -2.55. The topological polar surface area (TPSA) is 55.6 Å². The van der Waals surface area contributed by atoms with E-state index in [1.54, 1.807) is 13.2 Å². The van der Waals surface area contributed by atoms with Gasteiger partial charge in [-0.25, -0.2) is 4.39 Å². The molecule has 1 aromatic rings. The van der Waals surface area contributed by atoms with Crippen LogP contribution in [0, 0.1) is 11.8 Å². The van der Waals surface area contributed by atoms with Gasteiger partial charge in [0.1, 0.15) is 11.3 Å². The first-order valence-electron chi connectivity index (χ1n) is 9.34. The summed E-state index contributed by atoms with van der Waals surface area (Å²) in [5.41, 5.74) is 5.70. The lowest BCUT2D eigenvalue weighted by Crippen LogP contribution is -2.59. The normalized spacial score (nSPS) is 32.5. The predicted octanol–water partition coefficient (Wildman–Crippen LogP) is 3.28. The zero-order valence-electron chi connectivity index (χ0n) is 15.2. The molecule has 6 heteroatoms. The predicted molar refractivity (Wildman–Crippen MR) is 101 cm³/mol. The molecule has 3 fully saturated rings. The van der Waals surface area contributed by atoms with Crippen LogP contribution in [0.2, 0.25) is 0 Å². The monoisotopic (exact) mass is 382 g/mol. The maximum absolute atomic E-state index is 14.3. The molecule has 2 atom stereocenters. The Bertz CT molecular complexity index is 666. The smallest absolute Gasteiger partial charge is 0.248 e. The molecule has 1 amide bonds. The summed E-state index contributed by atoms with van der Waals surface area (Å²) in [4.78, 5) is 13.9. The van der Waals surface area contributed by atoms with Gasteiger partial charge < -0.3 is 10.5 Å². The van der Waals surface area contributed by atoms with E-state index in [4.69, 9.17) is 10.5 Å². The number of methoxy groups -OCH3 is 1. The highest BCUT2D eigenvalue weighted by molar-refractivity contribution is 5.92. The summed E-state index contributed by atoms with van der Waals surface area (Å²) in [6.07, 6.45) is 4.73. The van der Waals surface area contributed by atoms with Gasteiger partial charge in [-0.1, -0.05) is 18.6 Å². The second kappa shape index (κ2) is 7.10. The molecule has 3 aliphatic rings. The standard InChI is InChI=1S/C20H27FN2O2.ClH/c1-25-20(15-5-2-4-14(10-15)18(22)24)16-6-3-7-17(20)12-23(11-16)13-19(21)8-9-19;/h2,4-5,10,16-17H,3,6-9,11-13H2,1H3,(H2,22,24);1H. The second-order valence-electron chi connectivity index (χ2n) is 8.11. The lowest BCUT2D eigenvalue weighted by atomic mass is 9.62. The molecule has 144 valence electrons. The summed E-state index contributed by atoms with van der Waals surface area (Å²) in [5, 5.41) is 0. The minimum absolute atomic E-state index is 0. The number of hydrogen-bond acceptors (Lipinski definition) is 3. The van der Waals surface area contributed by atoms with Gasteiger partial charge in [-0.3, -0.25) is 9.69 Å². The number of ether oxygens (including phenoxy) is 1. The fourth-order valence-electron chi connectivity index (χ4n) is 5.19. The van der Waals surface area contributed by atoms with Crippen LogP contribution >= 0.6 is 12.4 Å². The second-order valence-corrected chi connectivity index (χ2v) is 8.11. The summed E-state index contributed by atoms with van der Waals surface area (Å²) in [6.45, 7) is 2.27. The third kappa shape index (κ3) is 3.25. The molecule has 0 spiro atoms. The van der Waals surface area contributed by atoms with Gasteiger partial charge in [0.2, 0.25) is 5.91 Å². The van der Waals surface area contributed by atoms with Gasteiger partial charge in [-0.15, -0.1) is 12.4 Å². The number of alkyl halides is 1. The number of rotatable bonds is 5. The highest BCUT2D eigenvalue weighted by atomic mass is 35.5. The van der Waals surface area contributed by atoms with Crippen molar-refractivity contribution >= 4 is 18.3 Å². The summed E-state index contributed by atoms with van der Waals surface area (Å²) in [5.74, 6) is 0.217. The molecule has 4 rings (SSSR count). The average molecular weight is 383 g/mol. The van der Waals surface area contributed by atoms with Crippen LogP contribution in [0.3, 0.4) is 0 Å². The Labute approximate surface area is 160 Å². The summed E-state index contributed by atoms with van der Waals surface area (Å²) in [6, 6.07) is 7.58. The minimum Gasteiger partial charge on any atom is -0.373 e. The molecule has 4 nitrogen and oxygen atoms in total. The number of halogens is 2.